The topological polar surface area (TPSA) is 146 Å². The summed E-state index contributed by atoms with van der Waals surface area (Å²) in [6.07, 6.45) is -4.01. The number of benzene rings is 1. The minimum atomic E-state index is -1.96. The number of rotatable bonds is 4. The van der Waals surface area contributed by atoms with Crippen LogP contribution in [0, 0.1) is 22.7 Å². The molecule has 2 N–H and O–H groups in total. The minimum Gasteiger partial charge on any atom is -0.455 e. The highest BCUT2D eigenvalue weighted by Crippen LogP contribution is 2.74. The molecule has 3 saturated carbocycles. The highest BCUT2D eigenvalue weighted by atomic mass is 16.6. The van der Waals surface area contributed by atoms with Crippen LogP contribution in [0.5, 0.6) is 0 Å². The molecule has 2 bridgehead atoms. The normalized spacial score (nSPS) is 41.8. The molecule has 1 heterocycles. The van der Waals surface area contributed by atoms with Crippen molar-refractivity contribution in [3.05, 3.63) is 47.0 Å². The lowest BCUT2D eigenvalue weighted by molar-refractivity contribution is -0.323. The number of ether oxygens (including phenoxy) is 4. The van der Waals surface area contributed by atoms with Crippen molar-refractivity contribution in [1.82, 2.24) is 0 Å². The van der Waals surface area contributed by atoms with Crippen molar-refractivity contribution >= 4 is 23.7 Å². The number of Topliss-reactive ketones (excluding diaryl/α,β-unsaturated/α-hetero) is 1. The lowest BCUT2D eigenvalue weighted by Crippen LogP contribution is -2.78. The third-order valence-electron chi connectivity index (χ3n) is 10.6. The number of carbonyl (C=O) groups excluding carboxylic acids is 4. The van der Waals surface area contributed by atoms with E-state index >= 15 is 0 Å². The van der Waals surface area contributed by atoms with Crippen LogP contribution in [-0.4, -0.2) is 76.1 Å². The molecule has 6 rings (SSSR count). The van der Waals surface area contributed by atoms with Gasteiger partial charge in [-0.05, 0) is 49.0 Å². The first-order valence-electron chi connectivity index (χ1n) is 14.1. The predicted molar refractivity (Wildman–Crippen MR) is 141 cm³/mol. The summed E-state index contributed by atoms with van der Waals surface area (Å²) in [5, 5.41) is 24.2. The Bertz CT molecular complexity index is 1370. The quantitative estimate of drug-likeness (QED) is 0.315. The summed E-state index contributed by atoms with van der Waals surface area (Å²) in [6, 6.07) is 8.29. The molecule has 10 nitrogen and oxygen atoms in total. The van der Waals surface area contributed by atoms with E-state index in [1.807, 2.05) is 0 Å². The summed E-state index contributed by atoms with van der Waals surface area (Å²) in [5.41, 5.74) is -4.92. The second-order valence-corrected chi connectivity index (χ2v) is 12.9. The van der Waals surface area contributed by atoms with Gasteiger partial charge in [-0.25, -0.2) is 4.79 Å². The van der Waals surface area contributed by atoms with Gasteiger partial charge in [-0.2, -0.15) is 0 Å². The molecule has 0 amide bonds. The van der Waals surface area contributed by atoms with Crippen molar-refractivity contribution in [2.24, 2.45) is 22.7 Å². The zero-order valence-electron chi connectivity index (χ0n) is 23.8. The Hall–Kier alpha value is -3.08. The molecular formula is C31H36O10. The second-order valence-electron chi connectivity index (χ2n) is 12.9. The zero-order chi connectivity index (χ0) is 29.7. The lowest BCUT2D eigenvalue weighted by atomic mass is 9.48. The molecule has 1 saturated heterocycles. The Morgan fingerprint density at radius 2 is 1.71 bits per heavy atom. The molecule has 41 heavy (non-hydrogen) atoms. The van der Waals surface area contributed by atoms with E-state index in [9.17, 15) is 29.4 Å². The largest absolute Gasteiger partial charge is 0.455 e. The molecule has 1 aliphatic heterocycles. The van der Waals surface area contributed by atoms with Crippen molar-refractivity contribution in [3.63, 3.8) is 0 Å². The number of esters is 3. The number of hydrogen-bond acceptors (Lipinski definition) is 10. The first kappa shape index (κ1) is 28.1. The van der Waals surface area contributed by atoms with Crippen LogP contribution in [0.1, 0.15) is 64.2 Å². The van der Waals surface area contributed by atoms with E-state index < -0.39 is 76.1 Å². The third-order valence-corrected chi connectivity index (χ3v) is 10.6. The van der Waals surface area contributed by atoms with E-state index in [0.717, 1.165) is 0 Å². The van der Waals surface area contributed by atoms with Crippen LogP contribution < -0.4 is 0 Å². The van der Waals surface area contributed by atoms with E-state index in [4.69, 9.17) is 18.9 Å². The standard InChI is InChI=1S/C31H36O10/c1-15-20(34)13-31(37)26(40-27(36)18-9-7-6-8-10-18)24-29(25(35)23(39-16(2)32)22(15)28(31,4)5)12-19(29)11-21-30(24,14-38-21)41-17(3)33/h6-10,19-21,23-24,26,34,37H,11-14H2,1-5H3/t19-,20+,21-,23-,24?,26+,29-,30+,31-/m1/s1. The molecule has 5 aliphatic rings. The van der Waals surface area contributed by atoms with Gasteiger partial charge in [0.2, 0.25) is 0 Å². The first-order valence-corrected chi connectivity index (χ1v) is 14.1. The van der Waals surface area contributed by atoms with Crippen molar-refractivity contribution in [3.8, 4) is 0 Å². The van der Waals surface area contributed by atoms with E-state index in [1.54, 1.807) is 51.1 Å². The smallest absolute Gasteiger partial charge is 0.338 e. The van der Waals surface area contributed by atoms with E-state index in [2.05, 4.69) is 0 Å². The summed E-state index contributed by atoms with van der Waals surface area (Å²) < 4.78 is 23.9. The van der Waals surface area contributed by atoms with Crippen LogP contribution in [-0.2, 0) is 33.3 Å². The maximum absolute atomic E-state index is 14.8. The third kappa shape index (κ3) is 3.66. The van der Waals surface area contributed by atoms with Crippen molar-refractivity contribution in [2.75, 3.05) is 6.61 Å². The van der Waals surface area contributed by atoms with Gasteiger partial charge in [0.1, 0.15) is 17.8 Å². The molecule has 1 aromatic carbocycles. The molecule has 10 heteroatoms. The molecule has 4 fully saturated rings. The van der Waals surface area contributed by atoms with Crippen LogP contribution in [0.25, 0.3) is 0 Å². The maximum atomic E-state index is 14.8. The fourth-order valence-electron chi connectivity index (χ4n) is 8.52. The van der Waals surface area contributed by atoms with E-state index in [0.29, 0.717) is 24.0 Å². The van der Waals surface area contributed by atoms with Crippen LogP contribution in [0.2, 0.25) is 0 Å². The first-order chi connectivity index (χ1) is 19.2. The molecule has 1 spiro atoms. The van der Waals surface area contributed by atoms with Gasteiger partial charge in [0.05, 0.1) is 24.2 Å². The SMILES string of the molecule is CC(=O)O[C@H]1C(=O)[C@]23C[C@H]2C[C@H]2OC[C@@]2(OC(C)=O)C3[C@H](OC(=O)c2ccccc2)[C@]2(O)C[C@H](O)C(C)=C1C2(C)C. The summed E-state index contributed by atoms with van der Waals surface area (Å²) in [7, 11) is 0. The highest BCUT2D eigenvalue weighted by Gasteiger charge is 2.84. The monoisotopic (exact) mass is 568 g/mol. The van der Waals surface area contributed by atoms with Gasteiger partial charge < -0.3 is 29.2 Å². The van der Waals surface area contributed by atoms with Gasteiger partial charge in [0.15, 0.2) is 17.5 Å². The molecule has 1 unspecified atom stereocenters. The molecule has 9 atom stereocenters. The summed E-state index contributed by atoms with van der Waals surface area (Å²) in [4.78, 5) is 53.4. The zero-order valence-corrected chi connectivity index (χ0v) is 23.8. The Morgan fingerprint density at radius 3 is 2.29 bits per heavy atom. The average molecular weight is 569 g/mol. The van der Waals surface area contributed by atoms with Crippen molar-refractivity contribution in [2.45, 2.75) is 89.5 Å². The molecule has 4 aliphatic carbocycles. The van der Waals surface area contributed by atoms with Gasteiger partial charge in [-0.15, -0.1) is 0 Å². The van der Waals surface area contributed by atoms with Crippen LogP contribution in [0.4, 0.5) is 0 Å². The fourth-order valence-corrected chi connectivity index (χ4v) is 8.52. The van der Waals surface area contributed by atoms with Crippen molar-refractivity contribution < 1.29 is 48.3 Å². The molecule has 0 aromatic heterocycles. The summed E-state index contributed by atoms with van der Waals surface area (Å²) in [5.74, 6) is -3.67. The number of hydrogen-bond donors (Lipinski definition) is 2. The van der Waals surface area contributed by atoms with Gasteiger partial charge in [-0.1, -0.05) is 32.0 Å². The minimum absolute atomic E-state index is 0.0535. The second kappa shape index (κ2) is 8.96. The van der Waals surface area contributed by atoms with Crippen LogP contribution in [0.15, 0.2) is 41.5 Å². The Balaban J connectivity index is 1.62. The molecular weight excluding hydrogens is 532 g/mol. The number of ketones is 1. The van der Waals surface area contributed by atoms with Gasteiger partial charge in [0.25, 0.3) is 0 Å². The van der Waals surface area contributed by atoms with E-state index in [1.165, 1.54) is 13.8 Å². The van der Waals surface area contributed by atoms with Crippen LogP contribution in [0.3, 0.4) is 0 Å². The summed E-state index contributed by atoms with van der Waals surface area (Å²) in [6.45, 7) is 7.48. The maximum Gasteiger partial charge on any atom is 0.338 e. The predicted octanol–water partition coefficient (Wildman–Crippen LogP) is 2.29. The fraction of sp³-hybridized carbons (Fsp3) is 0.613. The van der Waals surface area contributed by atoms with Gasteiger partial charge in [0, 0.05) is 31.1 Å². The number of fused-ring (bicyclic) bond motifs is 4. The Morgan fingerprint density at radius 1 is 1.02 bits per heavy atom. The molecule has 0 radical (unpaired) electrons. The molecule has 1 aromatic rings. The summed E-state index contributed by atoms with van der Waals surface area (Å²) >= 11 is 0. The lowest BCUT2D eigenvalue weighted by Gasteiger charge is -2.64. The van der Waals surface area contributed by atoms with Crippen LogP contribution >= 0.6 is 0 Å². The number of aliphatic hydroxyl groups is 2. The Kier molecular flexibility index (Phi) is 6.13. The molecule has 220 valence electrons. The van der Waals surface area contributed by atoms with Crippen molar-refractivity contribution in [1.29, 1.82) is 0 Å². The number of aliphatic hydroxyl groups excluding tert-OH is 1. The average Bonchev–Trinajstić information content (AvgIpc) is 3.62. The number of carbonyl (C=O) groups is 4. The van der Waals surface area contributed by atoms with Gasteiger partial charge in [-0.3, -0.25) is 14.4 Å². The Labute approximate surface area is 238 Å². The van der Waals surface area contributed by atoms with Gasteiger partial charge >= 0.3 is 17.9 Å². The van der Waals surface area contributed by atoms with E-state index in [-0.39, 0.29) is 24.5 Å². The highest BCUT2D eigenvalue weighted by molar-refractivity contribution is 5.97.